The quantitative estimate of drug-likeness (QED) is 0.465. The van der Waals surface area contributed by atoms with Crippen LogP contribution < -0.4 is 15.8 Å². The van der Waals surface area contributed by atoms with Crippen LogP contribution in [-0.2, 0) is 6.54 Å². The lowest BCUT2D eigenvalue weighted by molar-refractivity contribution is -0.384. The third-order valence-corrected chi connectivity index (χ3v) is 6.43. The van der Waals surface area contributed by atoms with E-state index in [9.17, 15) is 28.5 Å². The first-order valence-corrected chi connectivity index (χ1v) is 10.8. The SMILES string of the molecule is O=C(Nc1ccc(F)c(F)c1)c1ccc(N2CC3CC(C2)c2cccc(=O)n2C3)c([N+](=O)[O-])c1. The highest BCUT2D eigenvalue weighted by Gasteiger charge is 2.36. The summed E-state index contributed by atoms with van der Waals surface area (Å²) in [5.41, 5.74) is 1.13. The fourth-order valence-corrected chi connectivity index (χ4v) is 4.95. The lowest BCUT2D eigenvalue weighted by atomic mass is 9.83. The monoisotopic (exact) mass is 466 g/mol. The number of pyridine rings is 1. The third kappa shape index (κ3) is 3.91. The average Bonchev–Trinajstić information content (AvgIpc) is 2.81. The topological polar surface area (TPSA) is 97.5 Å². The summed E-state index contributed by atoms with van der Waals surface area (Å²) >= 11 is 0. The van der Waals surface area contributed by atoms with E-state index in [-0.39, 0.29) is 34.3 Å². The first-order chi connectivity index (χ1) is 16.3. The molecule has 2 atom stereocenters. The van der Waals surface area contributed by atoms with Gasteiger partial charge in [-0.3, -0.25) is 19.7 Å². The lowest BCUT2D eigenvalue weighted by Crippen LogP contribution is -2.47. The zero-order chi connectivity index (χ0) is 24.0. The number of anilines is 2. The van der Waals surface area contributed by atoms with Crippen molar-refractivity contribution < 1.29 is 18.5 Å². The van der Waals surface area contributed by atoms with Gasteiger partial charge in [-0.15, -0.1) is 0 Å². The molecule has 5 rings (SSSR count). The molecule has 174 valence electrons. The molecule has 0 aliphatic carbocycles. The Balaban J connectivity index is 1.42. The highest BCUT2D eigenvalue weighted by Crippen LogP contribution is 2.39. The van der Waals surface area contributed by atoms with Gasteiger partial charge >= 0.3 is 0 Å². The molecule has 3 heterocycles. The molecule has 2 bridgehead atoms. The van der Waals surface area contributed by atoms with Gasteiger partial charge in [0.25, 0.3) is 17.2 Å². The Labute approximate surface area is 192 Å². The van der Waals surface area contributed by atoms with Crippen LogP contribution in [0, 0.1) is 27.7 Å². The van der Waals surface area contributed by atoms with Crippen molar-refractivity contribution in [2.75, 3.05) is 23.3 Å². The van der Waals surface area contributed by atoms with E-state index in [1.54, 1.807) is 10.6 Å². The van der Waals surface area contributed by atoms with Gasteiger partial charge in [0, 0.05) is 60.7 Å². The maximum atomic E-state index is 13.4. The zero-order valence-corrected chi connectivity index (χ0v) is 17.9. The number of fused-ring (bicyclic) bond motifs is 4. The van der Waals surface area contributed by atoms with Crippen molar-refractivity contribution in [3.05, 3.63) is 98.0 Å². The van der Waals surface area contributed by atoms with Gasteiger partial charge in [0.15, 0.2) is 11.6 Å². The summed E-state index contributed by atoms with van der Waals surface area (Å²) in [7, 11) is 0. The molecule has 8 nitrogen and oxygen atoms in total. The number of halogens is 2. The summed E-state index contributed by atoms with van der Waals surface area (Å²) in [4.78, 5) is 38.1. The van der Waals surface area contributed by atoms with Gasteiger partial charge in [0.05, 0.1) is 4.92 Å². The third-order valence-electron chi connectivity index (χ3n) is 6.43. The number of nitro benzene ring substituents is 1. The molecule has 1 aromatic heterocycles. The Morgan fingerprint density at radius 3 is 2.62 bits per heavy atom. The molecule has 1 amide bonds. The minimum absolute atomic E-state index is 0.0225. The summed E-state index contributed by atoms with van der Waals surface area (Å²) in [5.74, 6) is -2.60. The van der Waals surface area contributed by atoms with E-state index in [0.29, 0.717) is 25.3 Å². The number of nitro groups is 1. The van der Waals surface area contributed by atoms with Crippen molar-refractivity contribution >= 4 is 23.0 Å². The average molecular weight is 466 g/mol. The Bertz CT molecular complexity index is 1370. The number of aromatic nitrogens is 1. The number of hydrogen-bond donors (Lipinski definition) is 1. The second-order valence-electron chi connectivity index (χ2n) is 8.65. The number of hydrogen-bond acceptors (Lipinski definition) is 5. The van der Waals surface area contributed by atoms with Gasteiger partial charge < -0.3 is 14.8 Å². The molecule has 2 aliphatic rings. The van der Waals surface area contributed by atoms with E-state index >= 15 is 0 Å². The molecular formula is C24H20F2N4O4. The van der Waals surface area contributed by atoms with E-state index in [1.165, 1.54) is 30.3 Å². The Morgan fingerprint density at radius 2 is 1.85 bits per heavy atom. The van der Waals surface area contributed by atoms with E-state index in [1.807, 2.05) is 11.0 Å². The van der Waals surface area contributed by atoms with Crippen molar-refractivity contribution in [2.24, 2.45) is 5.92 Å². The van der Waals surface area contributed by atoms with Crippen LogP contribution in [-0.4, -0.2) is 28.5 Å². The zero-order valence-electron chi connectivity index (χ0n) is 17.9. The van der Waals surface area contributed by atoms with Crippen LogP contribution in [0.15, 0.2) is 59.4 Å². The summed E-state index contributed by atoms with van der Waals surface area (Å²) in [6.45, 7) is 1.63. The van der Waals surface area contributed by atoms with Crippen LogP contribution in [0.2, 0.25) is 0 Å². The molecule has 2 unspecified atom stereocenters. The molecule has 1 saturated heterocycles. The summed E-state index contributed by atoms with van der Waals surface area (Å²) in [5, 5.41) is 14.3. The predicted molar refractivity (Wildman–Crippen MR) is 121 cm³/mol. The van der Waals surface area contributed by atoms with E-state index in [2.05, 4.69) is 5.32 Å². The summed E-state index contributed by atoms with van der Waals surface area (Å²) in [6.07, 6.45) is 0.905. The number of carbonyl (C=O) groups is 1. The van der Waals surface area contributed by atoms with Crippen LogP contribution >= 0.6 is 0 Å². The number of nitrogens with zero attached hydrogens (tertiary/aromatic N) is 3. The molecular weight excluding hydrogens is 446 g/mol. The van der Waals surface area contributed by atoms with Crippen molar-refractivity contribution in [1.29, 1.82) is 0 Å². The van der Waals surface area contributed by atoms with Gasteiger partial charge in [-0.1, -0.05) is 6.07 Å². The lowest BCUT2D eigenvalue weighted by Gasteiger charge is -2.43. The number of rotatable bonds is 4. The number of carbonyl (C=O) groups excluding carboxylic acids is 1. The smallest absolute Gasteiger partial charge is 0.293 e. The normalized spacial score (nSPS) is 18.8. The first-order valence-electron chi connectivity index (χ1n) is 10.8. The molecule has 0 saturated carbocycles. The van der Waals surface area contributed by atoms with Gasteiger partial charge in [0.2, 0.25) is 0 Å². The van der Waals surface area contributed by atoms with Crippen LogP contribution in [0.3, 0.4) is 0 Å². The van der Waals surface area contributed by atoms with E-state index in [4.69, 9.17) is 0 Å². The highest BCUT2D eigenvalue weighted by molar-refractivity contribution is 6.05. The molecule has 1 N–H and O–H groups in total. The van der Waals surface area contributed by atoms with Gasteiger partial charge in [-0.25, -0.2) is 8.78 Å². The van der Waals surface area contributed by atoms with Gasteiger partial charge in [-0.2, -0.15) is 0 Å². The van der Waals surface area contributed by atoms with Crippen molar-refractivity contribution in [2.45, 2.75) is 18.9 Å². The van der Waals surface area contributed by atoms with Gasteiger partial charge in [0.1, 0.15) is 5.69 Å². The Morgan fingerprint density at radius 1 is 1.03 bits per heavy atom. The van der Waals surface area contributed by atoms with Crippen LogP contribution in [0.1, 0.15) is 28.4 Å². The second kappa shape index (κ2) is 8.36. The number of nitrogens with one attached hydrogen (secondary N) is 1. The largest absolute Gasteiger partial charge is 0.365 e. The predicted octanol–water partition coefficient (Wildman–Crippen LogP) is 3.91. The molecule has 0 spiro atoms. The van der Waals surface area contributed by atoms with Crippen LogP contribution in [0.25, 0.3) is 0 Å². The standard InChI is InChI=1S/C24H20F2N4O4/c25-18-6-5-17(10-19(18)26)27-24(32)15-4-7-21(22(9-15)30(33)34)28-11-14-8-16(13-28)20-2-1-3-23(31)29(20)12-14/h1-7,9-10,14,16H,8,11-13H2,(H,27,32). The van der Waals surface area contributed by atoms with Crippen molar-refractivity contribution in [3.63, 3.8) is 0 Å². The molecule has 1 fully saturated rings. The maximum Gasteiger partial charge on any atom is 0.293 e. The molecule has 3 aromatic rings. The highest BCUT2D eigenvalue weighted by atomic mass is 19.2. The Kier molecular flexibility index (Phi) is 5.35. The van der Waals surface area contributed by atoms with E-state index in [0.717, 1.165) is 24.2 Å². The van der Waals surface area contributed by atoms with Crippen molar-refractivity contribution in [1.82, 2.24) is 4.57 Å². The van der Waals surface area contributed by atoms with Crippen molar-refractivity contribution in [3.8, 4) is 0 Å². The van der Waals surface area contributed by atoms with Gasteiger partial charge in [-0.05, 0) is 42.7 Å². The minimum Gasteiger partial charge on any atom is -0.365 e. The molecule has 34 heavy (non-hydrogen) atoms. The number of piperidine rings is 1. The maximum absolute atomic E-state index is 13.4. The second-order valence-corrected chi connectivity index (χ2v) is 8.65. The molecule has 0 radical (unpaired) electrons. The molecule has 2 aromatic carbocycles. The van der Waals surface area contributed by atoms with E-state index < -0.39 is 22.5 Å². The fourth-order valence-electron chi connectivity index (χ4n) is 4.95. The molecule has 10 heteroatoms. The minimum atomic E-state index is -1.11. The fraction of sp³-hybridized carbons (Fsp3) is 0.250. The summed E-state index contributed by atoms with van der Waals surface area (Å²) in [6, 6.07) is 12.3. The van der Waals surface area contributed by atoms with Crippen LogP contribution in [0.5, 0.6) is 0 Å². The molecule has 2 aliphatic heterocycles. The summed E-state index contributed by atoms with van der Waals surface area (Å²) < 4.78 is 28.3. The number of amides is 1. The Hall–Kier alpha value is -4.08. The van der Waals surface area contributed by atoms with Crippen LogP contribution in [0.4, 0.5) is 25.8 Å². The number of benzene rings is 2. The first kappa shape index (κ1) is 21.7.